The van der Waals surface area contributed by atoms with Crippen molar-refractivity contribution in [2.75, 3.05) is 13.1 Å². The van der Waals surface area contributed by atoms with Gasteiger partial charge in [-0.15, -0.1) is 0 Å². The van der Waals surface area contributed by atoms with Gasteiger partial charge in [-0.3, -0.25) is 4.79 Å². The van der Waals surface area contributed by atoms with Crippen molar-refractivity contribution in [3.05, 3.63) is 65.2 Å². The molecule has 0 aliphatic heterocycles. The number of rotatable bonds is 9. The first-order valence-electron chi connectivity index (χ1n) is 9.83. The topological polar surface area (TPSA) is 92.8 Å². The lowest BCUT2D eigenvalue weighted by Gasteiger charge is -2.18. The second-order valence-corrected chi connectivity index (χ2v) is 8.80. The minimum atomic E-state index is -3.60. The molecule has 2 aromatic rings. The third-order valence-corrected chi connectivity index (χ3v) is 6.74. The smallest absolute Gasteiger partial charge is 0.338 e. The van der Waals surface area contributed by atoms with Crippen LogP contribution in [0.2, 0.25) is 0 Å². The Morgan fingerprint density at radius 2 is 1.57 bits per heavy atom. The minimum Gasteiger partial charge on any atom is -0.449 e. The molecule has 2 aromatic carbocycles. The first kappa shape index (κ1) is 23.6. The van der Waals surface area contributed by atoms with Gasteiger partial charge in [0, 0.05) is 19.6 Å². The Morgan fingerprint density at radius 1 is 1.00 bits per heavy atom. The monoisotopic (exact) mass is 432 g/mol. The van der Waals surface area contributed by atoms with E-state index in [9.17, 15) is 18.0 Å². The van der Waals surface area contributed by atoms with E-state index in [1.54, 1.807) is 13.8 Å². The van der Waals surface area contributed by atoms with Gasteiger partial charge in [-0.1, -0.05) is 43.7 Å². The molecule has 1 amide bonds. The van der Waals surface area contributed by atoms with Crippen molar-refractivity contribution < 1.29 is 22.7 Å². The van der Waals surface area contributed by atoms with Crippen LogP contribution in [0.15, 0.2) is 53.4 Å². The molecule has 7 nitrogen and oxygen atoms in total. The largest absolute Gasteiger partial charge is 0.449 e. The normalized spacial score (nSPS) is 12.4. The maximum Gasteiger partial charge on any atom is 0.338 e. The summed E-state index contributed by atoms with van der Waals surface area (Å²) >= 11 is 0. The third kappa shape index (κ3) is 5.90. The summed E-state index contributed by atoms with van der Waals surface area (Å²) in [6.45, 7) is 8.04. The van der Waals surface area contributed by atoms with E-state index in [2.05, 4.69) is 5.32 Å². The van der Waals surface area contributed by atoms with Crippen molar-refractivity contribution in [2.45, 2.75) is 45.2 Å². The molecule has 0 aromatic heterocycles. The number of nitrogens with one attached hydrogen (secondary N) is 1. The van der Waals surface area contributed by atoms with Crippen LogP contribution in [0.5, 0.6) is 0 Å². The van der Waals surface area contributed by atoms with Gasteiger partial charge < -0.3 is 10.1 Å². The highest BCUT2D eigenvalue weighted by Crippen LogP contribution is 2.17. The molecule has 0 aliphatic rings. The van der Waals surface area contributed by atoms with Gasteiger partial charge in [-0.05, 0) is 43.7 Å². The molecule has 2 rings (SSSR count). The molecular weight excluding hydrogens is 404 g/mol. The zero-order chi connectivity index (χ0) is 22.3. The number of hydrogen-bond donors (Lipinski definition) is 1. The first-order chi connectivity index (χ1) is 14.2. The predicted molar refractivity (Wildman–Crippen MR) is 114 cm³/mol. The summed E-state index contributed by atoms with van der Waals surface area (Å²) in [5.41, 5.74) is 2.24. The number of sulfonamides is 1. The molecule has 0 saturated heterocycles. The molecule has 30 heavy (non-hydrogen) atoms. The van der Waals surface area contributed by atoms with Crippen molar-refractivity contribution in [1.82, 2.24) is 9.62 Å². The number of hydrogen-bond acceptors (Lipinski definition) is 5. The fourth-order valence-electron chi connectivity index (χ4n) is 2.80. The van der Waals surface area contributed by atoms with Crippen molar-refractivity contribution in [1.29, 1.82) is 0 Å². The standard InChI is InChI=1S/C22H28N2O5S/c1-5-24(6-2)30(27,28)20-13-11-19(12-14-20)22(26)29-17(4)21(25)23-15-18-9-7-16(3)8-10-18/h7-14,17H,5-6,15H2,1-4H3,(H,23,25). The van der Waals surface area contributed by atoms with Crippen LogP contribution >= 0.6 is 0 Å². The molecule has 162 valence electrons. The van der Waals surface area contributed by atoms with Gasteiger partial charge in [0.05, 0.1) is 10.5 Å². The number of benzene rings is 2. The van der Waals surface area contributed by atoms with Gasteiger partial charge in [-0.25, -0.2) is 13.2 Å². The van der Waals surface area contributed by atoms with Crippen molar-refractivity contribution in [3.63, 3.8) is 0 Å². The Kier molecular flexibility index (Phi) is 8.14. The van der Waals surface area contributed by atoms with Crippen LogP contribution in [0.4, 0.5) is 0 Å². The molecule has 0 saturated carbocycles. The molecule has 0 spiro atoms. The summed E-state index contributed by atoms with van der Waals surface area (Å²) in [5, 5.41) is 2.73. The quantitative estimate of drug-likeness (QED) is 0.615. The lowest BCUT2D eigenvalue weighted by Crippen LogP contribution is -2.35. The van der Waals surface area contributed by atoms with Crippen LogP contribution in [0.1, 0.15) is 42.3 Å². The number of carbonyl (C=O) groups is 2. The van der Waals surface area contributed by atoms with Gasteiger partial charge in [0.1, 0.15) is 0 Å². The van der Waals surface area contributed by atoms with Crippen LogP contribution in [0.3, 0.4) is 0 Å². The lowest BCUT2D eigenvalue weighted by molar-refractivity contribution is -0.129. The number of nitrogens with zero attached hydrogens (tertiary/aromatic N) is 1. The fraction of sp³-hybridized carbons (Fsp3) is 0.364. The highest BCUT2D eigenvalue weighted by molar-refractivity contribution is 7.89. The maximum absolute atomic E-state index is 12.5. The molecule has 0 fully saturated rings. The van der Waals surface area contributed by atoms with E-state index in [1.165, 1.54) is 35.5 Å². The summed E-state index contributed by atoms with van der Waals surface area (Å²) in [4.78, 5) is 24.6. The maximum atomic E-state index is 12.5. The molecule has 0 aliphatic carbocycles. The van der Waals surface area contributed by atoms with Crippen molar-refractivity contribution >= 4 is 21.9 Å². The third-order valence-electron chi connectivity index (χ3n) is 4.67. The van der Waals surface area contributed by atoms with Crippen LogP contribution < -0.4 is 5.32 Å². The second-order valence-electron chi connectivity index (χ2n) is 6.86. The van der Waals surface area contributed by atoms with E-state index < -0.39 is 28.0 Å². The van der Waals surface area contributed by atoms with Crippen LogP contribution in [-0.4, -0.2) is 43.8 Å². The summed E-state index contributed by atoms with van der Waals surface area (Å²) in [5.74, 6) is -1.11. The van der Waals surface area contributed by atoms with Crippen LogP contribution in [0.25, 0.3) is 0 Å². The summed E-state index contributed by atoms with van der Waals surface area (Å²) in [6, 6.07) is 13.2. The number of carbonyl (C=O) groups excluding carboxylic acids is 2. The Balaban J connectivity index is 1.96. The minimum absolute atomic E-state index is 0.103. The zero-order valence-electron chi connectivity index (χ0n) is 17.7. The van der Waals surface area contributed by atoms with Crippen LogP contribution in [0, 0.1) is 6.92 Å². The average Bonchev–Trinajstić information content (AvgIpc) is 2.73. The van der Waals surface area contributed by atoms with Gasteiger partial charge in [0.25, 0.3) is 5.91 Å². The van der Waals surface area contributed by atoms with Gasteiger partial charge >= 0.3 is 5.97 Å². The number of ether oxygens (including phenoxy) is 1. The highest BCUT2D eigenvalue weighted by Gasteiger charge is 2.23. The average molecular weight is 433 g/mol. The summed E-state index contributed by atoms with van der Waals surface area (Å²) < 4.78 is 31.6. The molecule has 1 N–H and O–H groups in total. The fourth-order valence-corrected chi connectivity index (χ4v) is 4.25. The number of amides is 1. The SMILES string of the molecule is CCN(CC)S(=O)(=O)c1ccc(C(=O)OC(C)C(=O)NCc2ccc(C)cc2)cc1. The Labute approximate surface area is 178 Å². The van der Waals surface area contributed by atoms with Gasteiger partial charge in [-0.2, -0.15) is 4.31 Å². The molecule has 8 heteroatoms. The van der Waals surface area contributed by atoms with E-state index in [-0.39, 0.29) is 10.5 Å². The van der Waals surface area contributed by atoms with E-state index >= 15 is 0 Å². The molecule has 0 heterocycles. The number of esters is 1. The van der Waals surface area contributed by atoms with Gasteiger partial charge in [0.2, 0.25) is 10.0 Å². The van der Waals surface area contributed by atoms with E-state index in [4.69, 9.17) is 4.74 Å². The Hall–Kier alpha value is -2.71. The van der Waals surface area contributed by atoms with Crippen molar-refractivity contribution in [3.8, 4) is 0 Å². The second kappa shape index (κ2) is 10.4. The Morgan fingerprint density at radius 3 is 2.10 bits per heavy atom. The number of aryl methyl sites for hydroxylation is 1. The molecular formula is C22H28N2O5S. The van der Waals surface area contributed by atoms with Gasteiger partial charge in [0.15, 0.2) is 6.10 Å². The van der Waals surface area contributed by atoms with E-state index in [0.717, 1.165) is 11.1 Å². The molecule has 0 radical (unpaired) electrons. The molecule has 1 unspecified atom stereocenters. The predicted octanol–water partition coefficient (Wildman–Crippen LogP) is 2.89. The summed E-state index contributed by atoms with van der Waals surface area (Å²) in [7, 11) is -3.60. The van der Waals surface area contributed by atoms with Crippen molar-refractivity contribution in [2.24, 2.45) is 0 Å². The first-order valence-corrected chi connectivity index (χ1v) is 11.3. The molecule has 1 atom stereocenters. The van der Waals surface area contributed by atoms with E-state index in [0.29, 0.717) is 19.6 Å². The molecule has 0 bridgehead atoms. The zero-order valence-corrected chi connectivity index (χ0v) is 18.5. The van der Waals surface area contributed by atoms with Crippen LogP contribution in [-0.2, 0) is 26.1 Å². The highest BCUT2D eigenvalue weighted by atomic mass is 32.2. The lowest BCUT2D eigenvalue weighted by atomic mass is 10.1. The Bertz CT molecular complexity index is 966. The van der Waals surface area contributed by atoms with E-state index in [1.807, 2.05) is 31.2 Å². The summed E-state index contributed by atoms with van der Waals surface area (Å²) in [6.07, 6.45) is -0.984.